The lowest BCUT2D eigenvalue weighted by molar-refractivity contribution is -0.0474. The van der Waals surface area contributed by atoms with Crippen LogP contribution in [0.4, 0.5) is 0 Å². The highest BCUT2D eigenvalue weighted by Gasteiger charge is 2.42. The molecule has 1 atom stereocenters. The molecule has 1 aromatic rings. The number of hydrogen-bond acceptors (Lipinski definition) is 2. The lowest BCUT2D eigenvalue weighted by Crippen LogP contribution is -2.44. The summed E-state index contributed by atoms with van der Waals surface area (Å²) in [5.41, 5.74) is 0.698. The average Bonchev–Trinajstić information content (AvgIpc) is 2.43. The van der Waals surface area contributed by atoms with Gasteiger partial charge in [-0.05, 0) is 49.8 Å². The number of aliphatic hydroxyl groups is 1. The van der Waals surface area contributed by atoms with E-state index in [1.54, 1.807) is 0 Å². The van der Waals surface area contributed by atoms with E-state index in [-0.39, 0.29) is 5.60 Å². The van der Waals surface area contributed by atoms with Crippen molar-refractivity contribution in [2.45, 2.75) is 63.6 Å². The summed E-state index contributed by atoms with van der Waals surface area (Å²) in [6, 6.07) is 5.58. The Bertz CT molecular complexity index is 478. The van der Waals surface area contributed by atoms with Crippen LogP contribution in [0.15, 0.2) is 18.2 Å². The third kappa shape index (κ3) is 2.68. The number of fused-ring (bicyclic) bond motifs is 1. The number of halogens is 1. The van der Waals surface area contributed by atoms with E-state index in [4.69, 9.17) is 16.3 Å². The van der Waals surface area contributed by atoms with E-state index >= 15 is 0 Å². The third-order valence-electron chi connectivity index (χ3n) is 4.94. The Kier molecular flexibility index (Phi) is 3.96. The number of benzene rings is 1. The van der Waals surface area contributed by atoms with Gasteiger partial charge in [0.05, 0.1) is 6.10 Å². The molecule has 2 nitrogen and oxygen atoms in total. The van der Waals surface area contributed by atoms with E-state index in [1.165, 1.54) is 25.7 Å². The van der Waals surface area contributed by atoms with Crippen LogP contribution < -0.4 is 4.74 Å². The molecule has 1 fully saturated rings. The molecule has 0 amide bonds. The maximum absolute atomic E-state index is 10.4. The summed E-state index contributed by atoms with van der Waals surface area (Å²) in [6.07, 6.45) is 7.44. The Morgan fingerprint density at radius 2 is 2.10 bits per heavy atom. The summed E-state index contributed by atoms with van der Waals surface area (Å²) in [4.78, 5) is 0. The largest absolute Gasteiger partial charge is 0.487 e. The van der Waals surface area contributed by atoms with Crippen LogP contribution in [0.1, 0.15) is 63.5 Å². The zero-order valence-electron chi connectivity index (χ0n) is 12.1. The van der Waals surface area contributed by atoms with Gasteiger partial charge in [-0.1, -0.05) is 31.4 Å². The molecule has 0 aromatic heterocycles. The van der Waals surface area contributed by atoms with E-state index in [0.29, 0.717) is 11.4 Å². The van der Waals surface area contributed by atoms with Crippen molar-refractivity contribution in [3.8, 4) is 5.75 Å². The van der Waals surface area contributed by atoms with E-state index < -0.39 is 6.10 Å². The molecular formula is C17H23ClO2. The molecular weight excluding hydrogens is 272 g/mol. The fourth-order valence-corrected chi connectivity index (χ4v) is 4.00. The summed E-state index contributed by atoms with van der Waals surface area (Å²) in [7, 11) is 0. The van der Waals surface area contributed by atoms with Crippen LogP contribution in [0.2, 0.25) is 5.02 Å². The van der Waals surface area contributed by atoms with Crippen molar-refractivity contribution in [3.63, 3.8) is 0 Å². The number of aliphatic hydroxyl groups excluding tert-OH is 1. The molecule has 3 heteroatoms. The fourth-order valence-electron chi connectivity index (χ4n) is 3.82. The van der Waals surface area contributed by atoms with Crippen molar-refractivity contribution < 1.29 is 9.84 Å². The maximum atomic E-state index is 10.4. The Balaban J connectivity index is 1.76. The van der Waals surface area contributed by atoms with E-state index in [2.05, 4.69) is 6.92 Å². The summed E-state index contributed by atoms with van der Waals surface area (Å²) in [5.74, 6) is 1.67. The van der Waals surface area contributed by atoms with Gasteiger partial charge >= 0.3 is 0 Å². The van der Waals surface area contributed by atoms with Crippen molar-refractivity contribution in [2.24, 2.45) is 5.92 Å². The van der Waals surface area contributed by atoms with Crippen LogP contribution in [0, 0.1) is 5.92 Å². The zero-order valence-corrected chi connectivity index (χ0v) is 12.8. The van der Waals surface area contributed by atoms with Gasteiger partial charge in [0.1, 0.15) is 11.4 Å². The molecule has 0 unspecified atom stereocenters. The Morgan fingerprint density at radius 1 is 1.35 bits per heavy atom. The monoisotopic (exact) mass is 294 g/mol. The smallest absolute Gasteiger partial charge is 0.126 e. The summed E-state index contributed by atoms with van der Waals surface area (Å²) in [5, 5.41) is 11.1. The topological polar surface area (TPSA) is 29.5 Å². The Morgan fingerprint density at radius 3 is 2.80 bits per heavy atom. The second-order valence-electron chi connectivity index (χ2n) is 6.42. The van der Waals surface area contributed by atoms with Gasteiger partial charge < -0.3 is 9.84 Å². The van der Waals surface area contributed by atoms with Gasteiger partial charge in [0.15, 0.2) is 0 Å². The third-order valence-corrected chi connectivity index (χ3v) is 5.17. The highest BCUT2D eigenvalue weighted by molar-refractivity contribution is 6.30. The van der Waals surface area contributed by atoms with Crippen LogP contribution in [0.5, 0.6) is 5.75 Å². The van der Waals surface area contributed by atoms with Crippen LogP contribution in [-0.2, 0) is 0 Å². The van der Waals surface area contributed by atoms with Gasteiger partial charge in [-0.3, -0.25) is 0 Å². The molecule has 1 N–H and O–H groups in total. The Hall–Kier alpha value is -0.730. The van der Waals surface area contributed by atoms with Crippen LogP contribution in [0.25, 0.3) is 0 Å². The highest BCUT2D eigenvalue weighted by atomic mass is 35.5. The van der Waals surface area contributed by atoms with Crippen LogP contribution >= 0.6 is 11.6 Å². The molecule has 2 aliphatic rings. The summed E-state index contributed by atoms with van der Waals surface area (Å²) >= 11 is 6.01. The molecule has 0 saturated heterocycles. The second-order valence-corrected chi connectivity index (χ2v) is 6.86. The quantitative estimate of drug-likeness (QED) is 0.842. The highest BCUT2D eigenvalue weighted by Crippen LogP contribution is 2.48. The molecule has 3 rings (SSSR count). The summed E-state index contributed by atoms with van der Waals surface area (Å²) < 4.78 is 6.29. The SMILES string of the molecule is CCCC1CCC2(CC1)C[C@@H](O)c1cc(Cl)ccc1O2. The molecule has 20 heavy (non-hydrogen) atoms. The first-order valence-corrected chi connectivity index (χ1v) is 8.16. The van der Waals surface area contributed by atoms with Crippen molar-refractivity contribution in [1.29, 1.82) is 0 Å². The van der Waals surface area contributed by atoms with Gasteiger partial charge in [-0.2, -0.15) is 0 Å². The van der Waals surface area contributed by atoms with Gasteiger partial charge in [0.2, 0.25) is 0 Å². The minimum absolute atomic E-state index is 0.148. The minimum Gasteiger partial charge on any atom is -0.487 e. The lowest BCUT2D eigenvalue weighted by atomic mass is 9.73. The molecule has 1 saturated carbocycles. The molecule has 1 heterocycles. The number of hydrogen-bond donors (Lipinski definition) is 1. The second kappa shape index (κ2) is 5.57. The van der Waals surface area contributed by atoms with Crippen LogP contribution in [0.3, 0.4) is 0 Å². The normalized spacial score (nSPS) is 32.8. The summed E-state index contributed by atoms with van der Waals surface area (Å²) in [6.45, 7) is 2.26. The molecule has 110 valence electrons. The molecule has 0 bridgehead atoms. The molecule has 1 spiro atoms. The first-order chi connectivity index (χ1) is 9.62. The Labute approximate surface area is 126 Å². The van der Waals surface area contributed by atoms with Crippen molar-refractivity contribution in [2.75, 3.05) is 0 Å². The first kappa shape index (κ1) is 14.2. The van der Waals surface area contributed by atoms with Crippen molar-refractivity contribution in [1.82, 2.24) is 0 Å². The van der Waals surface area contributed by atoms with Crippen molar-refractivity contribution >= 4 is 11.6 Å². The van der Waals surface area contributed by atoms with E-state index in [1.807, 2.05) is 18.2 Å². The minimum atomic E-state index is -0.444. The van der Waals surface area contributed by atoms with E-state index in [9.17, 15) is 5.11 Å². The molecule has 1 aliphatic heterocycles. The maximum Gasteiger partial charge on any atom is 0.126 e. The molecule has 1 aromatic carbocycles. The molecule has 0 radical (unpaired) electrons. The predicted molar refractivity (Wildman–Crippen MR) is 81.3 cm³/mol. The molecule has 1 aliphatic carbocycles. The van der Waals surface area contributed by atoms with Gasteiger partial charge in [0.25, 0.3) is 0 Å². The van der Waals surface area contributed by atoms with Gasteiger partial charge in [-0.25, -0.2) is 0 Å². The van der Waals surface area contributed by atoms with Gasteiger partial charge in [0, 0.05) is 17.0 Å². The van der Waals surface area contributed by atoms with Gasteiger partial charge in [-0.15, -0.1) is 0 Å². The fraction of sp³-hybridized carbons (Fsp3) is 0.647. The number of ether oxygens (including phenoxy) is 1. The van der Waals surface area contributed by atoms with Crippen molar-refractivity contribution in [3.05, 3.63) is 28.8 Å². The van der Waals surface area contributed by atoms with E-state index in [0.717, 1.165) is 30.1 Å². The predicted octanol–water partition coefficient (Wildman–Crippen LogP) is 4.89. The number of rotatable bonds is 2. The lowest BCUT2D eigenvalue weighted by Gasteiger charge is -2.45. The zero-order chi connectivity index (χ0) is 14.2. The first-order valence-electron chi connectivity index (χ1n) is 7.78. The van der Waals surface area contributed by atoms with Crippen LogP contribution in [-0.4, -0.2) is 10.7 Å². The average molecular weight is 295 g/mol. The standard InChI is InChI=1S/C17H23ClO2/c1-2-3-12-6-8-17(9-7-12)11-15(19)14-10-13(18)4-5-16(14)20-17/h4-5,10,12,15,19H,2-3,6-9,11H2,1H3/t12?,15-,17?/m1/s1.